The first-order chi connectivity index (χ1) is 10.9. The molecule has 1 heterocycles. The summed E-state index contributed by atoms with van der Waals surface area (Å²) in [6, 6.07) is 8.14. The maximum atomic E-state index is 11.8. The monoisotopic (exact) mass is 402 g/mol. The minimum atomic E-state index is -3.03. The van der Waals surface area contributed by atoms with Crippen molar-refractivity contribution in [3.8, 4) is 0 Å². The number of hydrogen-bond donors (Lipinski definition) is 1. The van der Waals surface area contributed by atoms with Gasteiger partial charge in [0.05, 0.1) is 5.75 Å². The van der Waals surface area contributed by atoms with E-state index in [2.05, 4.69) is 38.4 Å². The van der Waals surface area contributed by atoms with E-state index in [-0.39, 0.29) is 5.75 Å². The highest BCUT2D eigenvalue weighted by Gasteiger charge is 2.27. The fourth-order valence-corrected chi connectivity index (χ4v) is 4.35. The summed E-state index contributed by atoms with van der Waals surface area (Å²) >= 11 is 3.43. The average Bonchev–Trinajstić information content (AvgIpc) is 2.84. The highest BCUT2D eigenvalue weighted by Crippen LogP contribution is 2.13. The van der Waals surface area contributed by atoms with Crippen LogP contribution in [0.25, 0.3) is 0 Å². The second-order valence-corrected chi connectivity index (χ2v) is 8.53. The van der Waals surface area contributed by atoms with Gasteiger partial charge >= 0.3 is 0 Å². The van der Waals surface area contributed by atoms with Crippen molar-refractivity contribution >= 4 is 31.9 Å². The van der Waals surface area contributed by atoms with Crippen LogP contribution in [0.1, 0.15) is 12.0 Å². The molecule has 1 aromatic rings. The van der Waals surface area contributed by atoms with E-state index in [4.69, 9.17) is 0 Å². The number of hydrogen-bond acceptors (Lipinski definition) is 3. The van der Waals surface area contributed by atoms with Gasteiger partial charge in [-0.15, -0.1) is 0 Å². The van der Waals surface area contributed by atoms with E-state index in [0.29, 0.717) is 19.6 Å². The van der Waals surface area contributed by atoms with E-state index in [0.717, 1.165) is 23.4 Å². The molecule has 1 saturated heterocycles. The Morgan fingerprint density at radius 2 is 2.09 bits per heavy atom. The van der Waals surface area contributed by atoms with Gasteiger partial charge in [-0.05, 0) is 24.1 Å². The number of nitrogens with zero attached hydrogens (tertiary/aromatic N) is 3. The van der Waals surface area contributed by atoms with Crippen molar-refractivity contribution in [3.05, 3.63) is 34.3 Å². The van der Waals surface area contributed by atoms with Crippen LogP contribution < -0.4 is 5.32 Å². The van der Waals surface area contributed by atoms with Crippen LogP contribution in [0.2, 0.25) is 0 Å². The summed E-state index contributed by atoms with van der Waals surface area (Å²) in [5.41, 5.74) is 1.18. The summed E-state index contributed by atoms with van der Waals surface area (Å²) in [4.78, 5) is 6.27. The summed E-state index contributed by atoms with van der Waals surface area (Å²) in [5, 5.41) is 3.23. The molecule has 0 bridgehead atoms. The van der Waals surface area contributed by atoms with Crippen LogP contribution in [-0.4, -0.2) is 63.1 Å². The predicted molar refractivity (Wildman–Crippen MR) is 96.9 cm³/mol. The molecule has 0 aliphatic carbocycles. The smallest absolute Gasteiger partial charge is 0.214 e. The van der Waals surface area contributed by atoms with Crippen LogP contribution in [-0.2, 0) is 16.6 Å². The molecular formula is C15H23BrN4O2S. The Bertz CT molecular complexity index is 646. The number of halogens is 1. The Morgan fingerprint density at radius 3 is 2.65 bits per heavy atom. The molecule has 0 saturated carbocycles. The predicted octanol–water partition coefficient (Wildman–Crippen LogP) is 1.49. The van der Waals surface area contributed by atoms with Gasteiger partial charge in [-0.25, -0.2) is 12.7 Å². The molecular weight excluding hydrogens is 380 g/mol. The van der Waals surface area contributed by atoms with Crippen molar-refractivity contribution in [3.63, 3.8) is 0 Å². The number of rotatable bonds is 5. The number of nitrogens with one attached hydrogen (secondary N) is 1. The minimum Gasteiger partial charge on any atom is -0.355 e. The summed E-state index contributed by atoms with van der Waals surface area (Å²) in [6.45, 7) is 2.39. The van der Waals surface area contributed by atoms with Gasteiger partial charge in [-0.3, -0.25) is 4.99 Å². The van der Waals surface area contributed by atoms with Gasteiger partial charge in [0.25, 0.3) is 0 Å². The highest BCUT2D eigenvalue weighted by atomic mass is 79.9. The minimum absolute atomic E-state index is 0.269. The molecule has 23 heavy (non-hydrogen) atoms. The molecule has 6 nitrogen and oxygen atoms in total. The van der Waals surface area contributed by atoms with Crippen molar-refractivity contribution in [2.45, 2.75) is 13.0 Å². The van der Waals surface area contributed by atoms with Gasteiger partial charge in [0, 0.05) is 44.7 Å². The third kappa shape index (κ3) is 5.19. The molecule has 1 N–H and O–H groups in total. The normalized spacial score (nSPS) is 18.1. The molecule has 128 valence electrons. The molecule has 0 spiro atoms. The topological polar surface area (TPSA) is 65.0 Å². The van der Waals surface area contributed by atoms with Crippen LogP contribution in [0.4, 0.5) is 0 Å². The van der Waals surface area contributed by atoms with Crippen molar-refractivity contribution in [1.29, 1.82) is 0 Å². The summed E-state index contributed by atoms with van der Waals surface area (Å²) < 4.78 is 26.1. The molecule has 0 atom stereocenters. The van der Waals surface area contributed by atoms with Crippen LogP contribution in [0.15, 0.2) is 33.7 Å². The van der Waals surface area contributed by atoms with Crippen molar-refractivity contribution in [1.82, 2.24) is 14.5 Å². The summed E-state index contributed by atoms with van der Waals surface area (Å²) in [5.74, 6) is 1.02. The van der Waals surface area contributed by atoms with E-state index in [1.807, 2.05) is 24.1 Å². The zero-order chi connectivity index (χ0) is 16.9. The van der Waals surface area contributed by atoms with Gasteiger partial charge < -0.3 is 10.2 Å². The van der Waals surface area contributed by atoms with Crippen molar-refractivity contribution in [2.75, 3.05) is 39.5 Å². The lowest BCUT2D eigenvalue weighted by Crippen LogP contribution is -2.42. The molecule has 1 aliphatic rings. The second-order valence-electron chi connectivity index (χ2n) is 5.53. The number of aliphatic imine (C=N–C) groups is 1. The lowest BCUT2D eigenvalue weighted by atomic mass is 10.2. The largest absolute Gasteiger partial charge is 0.355 e. The molecule has 8 heteroatoms. The van der Waals surface area contributed by atoms with Gasteiger partial charge in [0.2, 0.25) is 10.0 Å². The van der Waals surface area contributed by atoms with E-state index in [1.165, 1.54) is 5.56 Å². The van der Waals surface area contributed by atoms with Gasteiger partial charge in [-0.2, -0.15) is 0 Å². The van der Waals surface area contributed by atoms with Crippen LogP contribution in [0.5, 0.6) is 0 Å². The van der Waals surface area contributed by atoms with E-state index in [9.17, 15) is 8.42 Å². The van der Waals surface area contributed by atoms with Gasteiger partial charge in [-0.1, -0.05) is 28.1 Å². The fourth-order valence-electron chi connectivity index (χ4n) is 2.56. The molecule has 0 radical (unpaired) electrons. The average molecular weight is 403 g/mol. The molecule has 1 aromatic carbocycles. The van der Waals surface area contributed by atoms with Gasteiger partial charge in [0.15, 0.2) is 5.96 Å². The molecule has 0 aromatic heterocycles. The molecule has 1 fully saturated rings. The molecule has 2 rings (SSSR count). The Morgan fingerprint density at radius 1 is 1.39 bits per heavy atom. The summed E-state index contributed by atoms with van der Waals surface area (Å²) in [6.07, 6.45) is 0.723. The Labute approximate surface area is 146 Å². The number of sulfonamides is 1. The highest BCUT2D eigenvalue weighted by molar-refractivity contribution is 9.10. The second kappa shape index (κ2) is 8.12. The lowest BCUT2D eigenvalue weighted by molar-refractivity contribution is 0.432. The maximum Gasteiger partial charge on any atom is 0.214 e. The van der Waals surface area contributed by atoms with Crippen LogP contribution in [0, 0.1) is 0 Å². The quantitative estimate of drug-likeness (QED) is 0.598. The molecule has 1 aliphatic heterocycles. The van der Waals surface area contributed by atoms with Gasteiger partial charge in [0.1, 0.15) is 0 Å². The Kier molecular flexibility index (Phi) is 6.43. The SMILES string of the molecule is CN=C(NCCN1CCCS1(=O)=O)N(C)Cc1ccc(Br)cc1. The first-order valence-electron chi connectivity index (χ1n) is 7.56. The summed E-state index contributed by atoms with van der Waals surface area (Å²) in [7, 11) is 0.662. The third-order valence-corrected chi connectivity index (χ3v) is 6.24. The Balaban J connectivity index is 1.83. The molecule has 0 amide bonds. The first-order valence-corrected chi connectivity index (χ1v) is 9.96. The van der Waals surface area contributed by atoms with Crippen LogP contribution in [0.3, 0.4) is 0 Å². The van der Waals surface area contributed by atoms with E-state index in [1.54, 1.807) is 11.4 Å². The standard InChI is InChI=1S/C15H23BrN4O2S/c1-17-15(18-8-10-20-9-3-11-23(20,21)22)19(2)12-13-4-6-14(16)7-5-13/h4-7H,3,8-12H2,1-2H3,(H,17,18). The number of benzene rings is 1. The lowest BCUT2D eigenvalue weighted by Gasteiger charge is -2.23. The zero-order valence-electron chi connectivity index (χ0n) is 13.5. The number of guanidine groups is 1. The maximum absolute atomic E-state index is 11.8. The third-order valence-electron chi connectivity index (χ3n) is 3.75. The van der Waals surface area contributed by atoms with E-state index < -0.39 is 10.0 Å². The van der Waals surface area contributed by atoms with Crippen LogP contribution >= 0.6 is 15.9 Å². The zero-order valence-corrected chi connectivity index (χ0v) is 15.9. The first kappa shape index (κ1) is 18.2. The van der Waals surface area contributed by atoms with Crippen molar-refractivity contribution < 1.29 is 8.42 Å². The fraction of sp³-hybridized carbons (Fsp3) is 0.533. The molecule has 0 unspecified atom stereocenters. The van der Waals surface area contributed by atoms with E-state index >= 15 is 0 Å². The Hall–Kier alpha value is -1.12. The van der Waals surface area contributed by atoms with Crippen molar-refractivity contribution in [2.24, 2.45) is 4.99 Å².